The average Bonchev–Trinajstić information content (AvgIpc) is 3.23. The van der Waals surface area contributed by atoms with Crippen LogP contribution in [0.15, 0.2) is 64.8 Å². The van der Waals surface area contributed by atoms with Crippen molar-refractivity contribution in [2.24, 2.45) is 17.8 Å². The molecular weight excluding hydrogens is 603 g/mol. The van der Waals surface area contributed by atoms with Gasteiger partial charge >= 0.3 is 6.18 Å². The Morgan fingerprint density at radius 2 is 1.82 bits per heavy atom. The lowest BCUT2D eigenvalue weighted by molar-refractivity contribution is -0.141. The molecule has 0 unspecified atom stereocenters. The maximum absolute atomic E-state index is 14.1. The van der Waals surface area contributed by atoms with Gasteiger partial charge in [0.2, 0.25) is 0 Å². The van der Waals surface area contributed by atoms with E-state index in [-0.39, 0.29) is 57.6 Å². The first-order valence-electron chi connectivity index (χ1n) is 13.7. The number of hydrazine groups is 1. The van der Waals surface area contributed by atoms with Gasteiger partial charge < -0.3 is 9.84 Å². The van der Waals surface area contributed by atoms with Gasteiger partial charge in [-0.15, -0.1) is 0 Å². The van der Waals surface area contributed by atoms with Crippen LogP contribution in [-0.4, -0.2) is 52.6 Å². The SMILES string of the molecule is COc1ccc([C@H]2C3=CC[C@@H]4C(=O)N(N(C)c5nc(C(F)(F)F)ccc5Cl)C(=O)[C@@H]4[C@@H]3CC3=C2C(=O)C=C(C)C3=O)cc1O. The third-order valence-corrected chi connectivity index (χ3v) is 9.09. The highest BCUT2D eigenvalue weighted by Crippen LogP contribution is 2.55. The number of benzene rings is 1. The van der Waals surface area contributed by atoms with Crippen LogP contribution in [0, 0.1) is 17.8 Å². The second-order valence-corrected chi connectivity index (χ2v) is 11.6. The Hall–Kier alpha value is -4.45. The van der Waals surface area contributed by atoms with Gasteiger partial charge in [0.05, 0.1) is 24.0 Å². The molecule has 1 aromatic heterocycles. The minimum absolute atomic E-state index is 0.00978. The number of nitrogens with zero attached hydrogens (tertiary/aromatic N) is 3. The lowest BCUT2D eigenvalue weighted by Crippen LogP contribution is -2.46. The van der Waals surface area contributed by atoms with Crippen LogP contribution in [0.2, 0.25) is 5.02 Å². The molecule has 9 nitrogen and oxygen atoms in total. The van der Waals surface area contributed by atoms with E-state index in [0.29, 0.717) is 17.2 Å². The van der Waals surface area contributed by atoms with E-state index in [1.165, 1.54) is 39.3 Å². The van der Waals surface area contributed by atoms with Crippen molar-refractivity contribution in [3.63, 3.8) is 0 Å². The first kappa shape index (κ1) is 29.6. The molecule has 1 fully saturated rings. The quantitative estimate of drug-likeness (QED) is 0.288. The standard InChI is InChI=1S/C31H25ClF3N3O6/c1-13-10-21(40)26-18(27(13)41)12-17-15(24(26)14-4-8-22(44-3)20(39)11-14)5-6-16-25(17)30(43)38(29(16)42)37(2)28-19(32)7-9-23(36-28)31(33,34)35/h4-5,7-11,16-17,24-25,39H,6,12H2,1-3H3/t16-,17+,24-,25-/m0/s1. The summed E-state index contributed by atoms with van der Waals surface area (Å²) in [6.45, 7) is 1.53. The molecule has 1 aromatic carbocycles. The predicted octanol–water partition coefficient (Wildman–Crippen LogP) is 4.95. The highest BCUT2D eigenvalue weighted by atomic mass is 35.5. The number of halogens is 4. The molecule has 1 N–H and O–H groups in total. The number of phenolic OH excluding ortho intramolecular Hbond substituents is 1. The van der Waals surface area contributed by atoms with Crippen LogP contribution in [0.1, 0.15) is 36.9 Å². The Balaban J connectivity index is 1.43. The molecule has 1 aliphatic heterocycles. The van der Waals surface area contributed by atoms with Gasteiger partial charge in [-0.1, -0.05) is 29.3 Å². The van der Waals surface area contributed by atoms with Crippen LogP contribution >= 0.6 is 11.6 Å². The maximum atomic E-state index is 14.1. The molecule has 2 aromatic rings. The summed E-state index contributed by atoms with van der Waals surface area (Å²) in [5.41, 5.74) is 0.606. The van der Waals surface area contributed by atoms with Gasteiger partial charge in [0, 0.05) is 29.7 Å². The van der Waals surface area contributed by atoms with Crippen molar-refractivity contribution in [2.45, 2.75) is 31.9 Å². The van der Waals surface area contributed by atoms with Crippen molar-refractivity contribution < 1.29 is 42.2 Å². The monoisotopic (exact) mass is 627 g/mol. The maximum Gasteiger partial charge on any atom is 0.433 e. The summed E-state index contributed by atoms with van der Waals surface area (Å²) in [5, 5.41) is 12.1. The van der Waals surface area contributed by atoms with E-state index in [1.54, 1.807) is 12.1 Å². The molecule has 0 saturated carbocycles. The summed E-state index contributed by atoms with van der Waals surface area (Å²) in [6.07, 6.45) is -1.62. The fourth-order valence-corrected chi connectivity index (χ4v) is 7.07. The number of rotatable bonds is 4. The van der Waals surface area contributed by atoms with Crippen LogP contribution < -0.4 is 9.75 Å². The number of ether oxygens (including phenoxy) is 1. The van der Waals surface area contributed by atoms with E-state index in [1.807, 2.05) is 0 Å². The van der Waals surface area contributed by atoms with Crippen LogP contribution in [0.25, 0.3) is 0 Å². The zero-order chi connectivity index (χ0) is 31.8. The number of pyridine rings is 1. The molecule has 4 atom stereocenters. The molecular formula is C31H25ClF3N3O6. The fourth-order valence-electron chi connectivity index (χ4n) is 6.84. The number of imide groups is 1. The number of alkyl halides is 3. The Labute approximate surface area is 254 Å². The highest BCUT2D eigenvalue weighted by Gasteiger charge is 2.57. The van der Waals surface area contributed by atoms with E-state index in [4.69, 9.17) is 16.3 Å². The van der Waals surface area contributed by atoms with Gasteiger partial charge in [-0.05, 0) is 61.6 Å². The van der Waals surface area contributed by atoms with Crippen LogP contribution in [0.5, 0.6) is 11.5 Å². The number of fused-ring (bicyclic) bond motifs is 3. The minimum atomic E-state index is -4.79. The second kappa shape index (κ2) is 10.3. The predicted molar refractivity (Wildman–Crippen MR) is 150 cm³/mol. The van der Waals surface area contributed by atoms with Crippen LogP contribution in [0.3, 0.4) is 0 Å². The van der Waals surface area contributed by atoms with Crippen molar-refractivity contribution in [1.29, 1.82) is 0 Å². The fraction of sp³-hybridized carbons (Fsp3) is 0.323. The van der Waals surface area contributed by atoms with E-state index in [2.05, 4.69) is 4.98 Å². The highest BCUT2D eigenvalue weighted by molar-refractivity contribution is 6.33. The summed E-state index contributed by atoms with van der Waals surface area (Å²) in [5.74, 6) is -5.79. The Morgan fingerprint density at radius 1 is 1.09 bits per heavy atom. The van der Waals surface area contributed by atoms with Gasteiger partial charge in [-0.25, -0.2) is 4.98 Å². The lowest BCUT2D eigenvalue weighted by atomic mass is 9.59. The molecule has 2 heterocycles. The number of Topliss-reactive ketones (excluding diaryl/α,β-unsaturated/α-hetero) is 1. The third kappa shape index (κ3) is 4.42. The number of carbonyl (C=O) groups is 4. The topological polar surface area (TPSA) is 117 Å². The molecule has 3 aliphatic carbocycles. The number of phenols is 1. The average molecular weight is 628 g/mol. The molecule has 0 spiro atoms. The van der Waals surface area contributed by atoms with Gasteiger partial charge in [0.25, 0.3) is 11.8 Å². The van der Waals surface area contributed by atoms with E-state index < -0.39 is 53.2 Å². The summed E-state index contributed by atoms with van der Waals surface area (Å²) in [4.78, 5) is 58.2. The van der Waals surface area contributed by atoms with Crippen molar-refractivity contribution >= 4 is 40.8 Å². The normalized spacial score (nSPS) is 24.9. The van der Waals surface area contributed by atoms with Crippen LogP contribution in [-0.2, 0) is 25.4 Å². The largest absolute Gasteiger partial charge is 0.504 e. The minimum Gasteiger partial charge on any atom is -0.504 e. The summed E-state index contributed by atoms with van der Waals surface area (Å²) >= 11 is 6.18. The molecule has 1 saturated heterocycles. The number of ketones is 2. The molecule has 13 heteroatoms. The summed E-state index contributed by atoms with van der Waals surface area (Å²) < 4.78 is 45.4. The number of aromatic nitrogens is 1. The number of aromatic hydroxyl groups is 1. The molecule has 228 valence electrons. The molecule has 0 bridgehead atoms. The van der Waals surface area contributed by atoms with Crippen LogP contribution in [0.4, 0.5) is 19.0 Å². The number of allylic oxidation sites excluding steroid dienone is 6. The molecule has 2 amide bonds. The lowest BCUT2D eigenvalue weighted by Gasteiger charge is -2.42. The van der Waals surface area contributed by atoms with Crippen molar-refractivity contribution in [1.82, 2.24) is 9.99 Å². The molecule has 44 heavy (non-hydrogen) atoms. The van der Waals surface area contributed by atoms with E-state index in [0.717, 1.165) is 16.1 Å². The first-order chi connectivity index (χ1) is 20.7. The van der Waals surface area contributed by atoms with Crippen molar-refractivity contribution in [2.75, 3.05) is 19.2 Å². The number of hydrogen-bond acceptors (Lipinski definition) is 8. The van der Waals surface area contributed by atoms with Gasteiger partial charge in [-0.2, -0.15) is 18.2 Å². The van der Waals surface area contributed by atoms with E-state index >= 15 is 0 Å². The van der Waals surface area contributed by atoms with Crippen molar-refractivity contribution in [3.8, 4) is 11.5 Å². The Morgan fingerprint density at radius 3 is 2.48 bits per heavy atom. The third-order valence-electron chi connectivity index (χ3n) is 8.80. The van der Waals surface area contributed by atoms with E-state index in [9.17, 15) is 37.5 Å². The van der Waals surface area contributed by atoms with Gasteiger partial charge in [-0.3, -0.25) is 24.2 Å². The molecule has 4 aliphatic rings. The Kier molecular flexibility index (Phi) is 6.95. The number of carbonyl (C=O) groups excluding carboxylic acids is 4. The zero-order valence-electron chi connectivity index (χ0n) is 23.6. The van der Waals surface area contributed by atoms with Gasteiger partial charge in [0.15, 0.2) is 28.9 Å². The number of methoxy groups -OCH3 is 1. The second-order valence-electron chi connectivity index (χ2n) is 11.2. The number of anilines is 1. The summed E-state index contributed by atoms with van der Waals surface area (Å²) in [7, 11) is 2.62. The van der Waals surface area contributed by atoms with Gasteiger partial charge in [0.1, 0.15) is 5.69 Å². The molecule has 0 radical (unpaired) electrons. The molecule has 6 rings (SSSR count). The van der Waals surface area contributed by atoms with Crippen molar-refractivity contribution in [3.05, 3.63) is 81.1 Å². The Bertz CT molecular complexity index is 1760. The summed E-state index contributed by atoms with van der Waals surface area (Å²) in [6, 6.07) is 6.33. The number of amides is 2. The smallest absolute Gasteiger partial charge is 0.433 e. The first-order valence-corrected chi connectivity index (χ1v) is 14.0. The number of hydrogen-bond donors (Lipinski definition) is 1. The zero-order valence-corrected chi connectivity index (χ0v) is 24.4.